The fourth-order valence-corrected chi connectivity index (χ4v) is 4.43. The van der Waals surface area contributed by atoms with E-state index in [4.69, 9.17) is 4.42 Å². The van der Waals surface area contributed by atoms with Gasteiger partial charge in [0.25, 0.3) is 11.8 Å². The topological polar surface area (TPSA) is 93.3 Å². The monoisotopic (exact) mass is 383 g/mol. The van der Waals surface area contributed by atoms with E-state index in [0.717, 1.165) is 44.6 Å². The Morgan fingerprint density at radius 3 is 2.75 bits per heavy atom. The maximum atomic E-state index is 12.6. The summed E-state index contributed by atoms with van der Waals surface area (Å²) in [6, 6.07) is 3.45. The lowest BCUT2D eigenvalue weighted by Gasteiger charge is -2.44. The number of nitrogens with one attached hydrogen (secondary N) is 1. The summed E-state index contributed by atoms with van der Waals surface area (Å²) >= 11 is 0. The first kappa shape index (κ1) is 17.5. The SMILES string of the molecule is O=C(NCC1CC1)c1nnc2n1CC1(CC2)CCN(C(=O)c2ccco2)CC1. The second-order valence-corrected chi connectivity index (χ2v) is 8.45. The molecule has 1 saturated carbocycles. The molecule has 0 atom stereocenters. The van der Waals surface area contributed by atoms with Crippen molar-refractivity contribution in [1.82, 2.24) is 25.0 Å². The van der Waals surface area contributed by atoms with E-state index >= 15 is 0 Å². The molecule has 148 valence electrons. The molecule has 4 heterocycles. The average Bonchev–Trinajstić information content (AvgIpc) is 3.21. The summed E-state index contributed by atoms with van der Waals surface area (Å²) in [4.78, 5) is 26.9. The van der Waals surface area contributed by atoms with Gasteiger partial charge in [-0.05, 0) is 55.6 Å². The normalized spacial score (nSPS) is 20.8. The third-order valence-corrected chi connectivity index (χ3v) is 6.49. The molecule has 8 heteroatoms. The van der Waals surface area contributed by atoms with Crippen LogP contribution in [0.3, 0.4) is 0 Å². The molecule has 2 fully saturated rings. The fraction of sp³-hybridized carbons (Fsp3) is 0.600. The number of piperidine rings is 1. The zero-order chi connectivity index (χ0) is 19.1. The second kappa shape index (κ2) is 6.76. The summed E-state index contributed by atoms with van der Waals surface area (Å²) in [5.41, 5.74) is 0.0981. The van der Waals surface area contributed by atoms with Crippen molar-refractivity contribution in [3.8, 4) is 0 Å². The van der Waals surface area contributed by atoms with Gasteiger partial charge >= 0.3 is 0 Å². The number of furan rings is 1. The summed E-state index contributed by atoms with van der Waals surface area (Å²) in [6.45, 7) is 2.90. The first-order chi connectivity index (χ1) is 13.6. The number of rotatable bonds is 4. The van der Waals surface area contributed by atoms with E-state index in [1.165, 1.54) is 19.1 Å². The van der Waals surface area contributed by atoms with Crippen LogP contribution in [0, 0.1) is 11.3 Å². The second-order valence-electron chi connectivity index (χ2n) is 8.45. The van der Waals surface area contributed by atoms with Crippen LogP contribution in [0.4, 0.5) is 0 Å². The molecule has 2 aromatic heterocycles. The van der Waals surface area contributed by atoms with Gasteiger partial charge in [-0.2, -0.15) is 0 Å². The number of likely N-dealkylation sites (tertiary alicyclic amines) is 1. The van der Waals surface area contributed by atoms with Crippen LogP contribution in [-0.2, 0) is 13.0 Å². The van der Waals surface area contributed by atoms with Crippen LogP contribution in [0.2, 0.25) is 0 Å². The van der Waals surface area contributed by atoms with E-state index in [9.17, 15) is 9.59 Å². The average molecular weight is 383 g/mol. The van der Waals surface area contributed by atoms with Crippen molar-refractivity contribution in [3.63, 3.8) is 0 Å². The van der Waals surface area contributed by atoms with E-state index < -0.39 is 0 Å². The molecule has 2 aromatic rings. The van der Waals surface area contributed by atoms with Crippen LogP contribution < -0.4 is 5.32 Å². The van der Waals surface area contributed by atoms with Crippen LogP contribution in [0.25, 0.3) is 0 Å². The van der Waals surface area contributed by atoms with Crippen LogP contribution in [0.1, 0.15) is 59.1 Å². The maximum Gasteiger partial charge on any atom is 0.289 e. The number of amides is 2. The summed E-state index contributed by atoms with van der Waals surface area (Å²) in [5.74, 6) is 2.21. The summed E-state index contributed by atoms with van der Waals surface area (Å²) in [5, 5.41) is 11.4. The zero-order valence-electron chi connectivity index (χ0n) is 15.9. The molecule has 0 unspecified atom stereocenters. The molecule has 1 N–H and O–H groups in total. The smallest absolute Gasteiger partial charge is 0.289 e. The highest BCUT2D eigenvalue weighted by Gasteiger charge is 2.41. The highest BCUT2D eigenvalue weighted by atomic mass is 16.3. The van der Waals surface area contributed by atoms with Crippen molar-refractivity contribution in [2.75, 3.05) is 19.6 Å². The first-order valence-electron chi connectivity index (χ1n) is 10.2. The molecule has 28 heavy (non-hydrogen) atoms. The lowest BCUT2D eigenvalue weighted by atomic mass is 9.73. The standard InChI is InChI=1S/C20H25N5O3/c26-18(21-12-14-3-4-14)17-23-22-16-5-6-20(13-25(16)17)7-9-24(10-8-20)19(27)15-2-1-11-28-15/h1-2,11,14H,3-10,12-13H2,(H,21,26). The number of hydrogen-bond donors (Lipinski definition) is 1. The minimum absolute atomic E-state index is 0.0409. The Morgan fingerprint density at radius 1 is 1.21 bits per heavy atom. The van der Waals surface area contributed by atoms with Gasteiger partial charge in [0, 0.05) is 32.6 Å². The number of aryl methyl sites for hydroxylation is 1. The lowest BCUT2D eigenvalue weighted by molar-refractivity contribution is 0.0440. The van der Waals surface area contributed by atoms with E-state index in [1.54, 1.807) is 12.1 Å². The molecule has 3 aliphatic rings. The van der Waals surface area contributed by atoms with Crippen molar-refractivity contribution in [2.24, 2.45) is 11.3 Å². The number of nitrogens with zero attached hydrogens (tertiary/aromatic N) is 4. The van der Waals surface area contributed by atoms with Gasteiger partial charge in [-0.3, -0.25) is 9.59 Å². The quantitative estimate of drug-likeness (QED) is 0.870. The van der Waals surface area contributed by atoms with Crippen molar-refractivity contribution in [3.05, 3.63) is 35.8 Å². The van der Waals surface area contributed by atoms with Gasteiger partial charge < -0.3 is 19.2 Å². The molecule has 0 aromatic carbocycles. The Labute approximate surface area is 163 Å². The Kier molecular flexibility index (Phi) is 4.21. The third kappa shape index (κ3) is 3.21. The molecular weight excluding hydrogens is 358 g/mol. The maximum absolute atomic E-state index is 12.6. The fourth-order valence-electron chi connectivity index (χ4n) is 4.43. The highest BCUT2D eigenvalue weighted by molar-refractivity contribution is 5.91. The Bertz CT molecular complexity index is 876. The van der Waals surface area contributed by atoms with Crippen molar-refractivity contribution in [2.45, 2.75) is 45.1 Å². The van der Waals surface area contributed by atoms with E-state index in [-0.39, 0.29) is 17.2 Å². The van der Waals surface area contributed by atoms with Gasteiger partial charge in [0.2, 0.25) is 5.82 Å². The zero-order valence-corrected chi connectivity index (χ0v) is 15.9. The number of fused-ring (bicyclic) bond motifs is 1. The molecule has 2 amide bonds. The van der Waals surface area contributed by atoms with E-state index in [2.05, 4.69) is 15.5 Å². The van der Waals surface area contributed by atoms with Gasteiger partial charge in [0.05, 0.1) is 6.26 Å². The Balaban J connectivity index is 1.26. The molecule has 5 rings (SSSR count). The van der Waals surface area contributed by atoms with Gasteiger partial charge in [0.15, 0.2) is 5.76 Å². The van der Waals surface area contributed by atoms with E-state index in [1.807, 2.05) is 9.47 Å². The third-order valence-electron chi connectivity index (χ3n) is 6.49. The van der Waals surface area contributed by atoms with Crippen LogP contribution in [-0.4, -0.2) is 51.1 Å². The minimum Gasteiger partial charge on any atom is -0.459 e. The van der Waals surface area contributed by atoms with Gasteiger partial charge in [-0.25, -0.2) is 0 Å². The number of carbonyl (C=O) groups excluding carboxylic acids is 2. The lowest BCUT2D eigenvalue weighted by Crippen LogP contribution is -2.47. The minimum atomic E-state index is -0.117. The Hall–Kier alpha value is -2.64. The Morgan fingerprint density at radius 2 is 2.04 bits per heavy atom. The summed E-state index contributed by atoms with van der Waals surface area (Å²) in [7, 11) is 0. The first-order valence-corrected chi connectivity index (χ1v) is 10.2. The molecule has 1 spiro atoms. The molecule has 0 radical (unpaired) electrons. The number of aromatic nitrogens is 3. The van der Waals surface area contributed by atoms with Crippen LogP contribution in [0.15, 0.2) is 22.8 Å². The van der Waals surface area contributed by atoms with Crippen LogP contribution >= 0.6 is 0 Å². The molecule has 8 nitrogen and oxygen atoms in total. The predicted octanol–water partition coefficient (Wildman–Crippen LogP) is 1.88. The number of carbonyl (C=O) groups is 2. The summed E-state index contributed by atoms with van der Waals surface area (Å²) in [6.07, 6.45) is 7.62. The summed E-state index contributed by atoms with van der Waals surface area (Å²) < 4.78 is 7.26. The molecule has 0 bridgehead atoms. The predicted molar refractivity (Wildman–Crippen MR) is 99.7 cm³/mol. The van der Waals surface area contributed by atoms with Crippen molar-refractivity contribution < 1.29 is 14.0 Å². The molecular formula is C20H25N5O3. The van der Waals surface area contributed by atoms with E-state index in [0.29, 0.717) is 30.6 Å². The molecule has 2 aliphatic heterocycles. The van der Waals surface area contributed by atoms with Gasteiger partial charge in [-0.15, -0.1) is 10.2 Å². The van der Waals surface area contributed by atoms with Crippen molar-refractivity contribution in [1.29, 1.82) is 0 Å². The molecule has 1 saturated heterocycles. The highest BCUT2D eigenvalue weighted by Crippen LogP contribution is 2.41. The van der Waals surface area contributed by atoms with Gasteiger partial charge in [-0.1, -0.05) is 0 Å². The van der Waals surface area contributed by atoms with Gasteiger partial charge in [0.1, 0.15) is 5.82 Å². The molecule has 1 aliphatic carbocycles. The van der Waals surface area contributed by atoms with Crippen LogP contribution in [0.5, 0.6) is 0 Å². The largest absolute Gasteiger partial charge is 0.459 e. The van der Waals surface area contributed by atoms with Crippen molar-refractivity contribution >= 4 is 11.8 Å². The number of hydrogen-bond acceptors (Lipinski definition) is 5.